The zero-order valence-electron chi connectivity index (χ0n) is 11.7. The van der Waals surface area contributed by atoms with E-state index in [9.17, 15) is 0 Å². The van der Waals surface area contributed by atoms with Crippen molar-refractivity contribution in [2.75, 3.05) is 14.1 Å². The third-order valence-corrected chi connectivity index (χ3v) is 6.00. The Balaban J connectivity index is 1.81. The molecule has 0 bridgehead atoms. The molecule has 1 aliphatic heterocycles. The summed E-state index contributed by atoms with van der Waals surface area (Å²) in [5.41, 5.74) is 1.28. The third-order valence-electron chi connectivity index (χ3n) is 6.00. The third kappa shape index (κ3) is 1.02. The maximum absolute atomic E-state index is 2.85. The highest BCUT2D eigenvalue weighted by molar-refractivity contribution is 5.25. The highest BCUT2D eigenvalue weighted by Gasteiger charge is 2.76. The van der Waals surface area contributed by atoms with Crippen molar-refractivity contribution in [2.45, 2.75) is 75.4 Å². The maximum atomic E-state index is 2.85. The molecular weight excluding hydrogens is 210 g/mol. The first-order valence-electron chi connectivity index (χ1n) is 7.27. The first-order valence-corrected chi connectivity index (χ1v) is 7.27. The van der Waals surface area contributed by atoms with E-state index >= 15 is 0 Å². The fraction of sp³-hybridized carbons (Fsp3) is 1.00. The lowest BCUT2D eigenvalue weighted by Gasteiger charge is -2.60. The average Bonchev–Trinajstić information content (AvgIpc) is 3.12. The van der Waals surface area contributed by atoms with E-state index in [1.165, 1.54) is 38.5 Å². The maximum Gasteiger partial charge on any atom is 0.0769 e. The van der Waals surface area contributed by atoms with Gasteiger partial charge in [0.2, 0.25) is 0 Å². The molecule has 96 valence electrons. The van der Waals surface area contributed by atoms with Crippen LogP contribution in [0.3, 0.4) is 0 Å². The highest BCUT2D eigenvalue weighted by Crippen LogP contribution is 2.67. The summed E-state index contributed by atoms with van der Waals surface area (Å²) in [7, 11) is 4.75. The molecule has 1 saturated heterocycles. The Kier molecular flexibility index (Phi) is 1.73. The van der Waals surface area contributed by atoms with E-state index < -0.39 is 0 Å². The van der Waals surface area contributed by atoms with E-state index in [0.29, 0.717) is 23.0 Å². The summed E-state index contributed by atoms with van der Waals surface area (Å²) in [6.07, 6.45) is 8.32. The van der Waals surface area contributed by atoms with Gasteiger partial charge < -0.3 is 0 Å². The van der Waals surface area contributed by atoms with Crippen LogP contribution in [0.25, 0.3) is 0 Å². The largest absolute Gasteiger partial charge is 0.270 e. The normalized spacial score (nSPS) is 37.2. The van der Waals surface area contributed by atoms with Gasteiger partial charge in [-0.3, -0.25) is 14.7 Å². The minimum absolute atomic E-state index is 0.424. The molecule has 0 unspecified atom stereocenters. The molecule has 3 saturated carbocycles. The van der Waals surface area contributed by atoms with Crippen LogP contribution >= 0.6 is 0 Å². The van der Waals surface area contributed by atoms with Gasteiger partial charge in [-0.1, -0.05) is 0 Å². The molecule has 3 nitrogen and oxygen atoms in total. The Hall–Kier alpha value is -0.120. The molecular formula is C14H25N3. The second-order valence-electron chi connectivity index (χ2n) is 7.03. The molecule has 1 heterocycles. The van der Waals surface area contributed by atoms with Crippen molar-refractivity contribution in [3.8, 4) is 0 Å². The van der Waals surface area contributed by atoms with Gasteiger partial charge in [-0.25, -0.2) is 0 Å². The summed E-state index contributed by atoms with van der Waals surface area (Å²) in [6.45, 7) is 4.76. The Bertz CT molecular complexity index is 336. The Morgan fingerprint density at radius 3 is 1.29 bits per heavy atom. The topological polar surface area (TPSA) is 9.72 Å². The first-order chi connectivity index (χ1) is 8.00. The monoisotopic (exact) mass is 235 g/mol. The summed E-state index contributed by atoms with van der Waals surface area (Å²) in [5.74, 6) is 0. The molecule has 0 atom stereocenters. The van der Waals surface area contributed by atoms with Gasteiger partial charge in [0.1, 0.15) is 0 Å². The van der Waals surface area contributed by atoms with Crippen molar-refractivity contribution in [3.05, 3.63) is 0 Å². The summed E-state index contributed by atoms with van der Waals surface area (Å²) < 4.78 is 0. The van der Waals surface area contributed by atoms with Crippen molar-refractivity contribution in [2.24, 2.45) is 0 Å². The molecule has 0 amide bonds. The van der Waals surface area contributed by atoms with Crippen molar-refractivity contribution in [1.29, 1.82) is 0 Å². The van der Waals surface area contributed by atoms with Gasteiger partial charge in [0, 0.05) is 6.04 Å². The van der Waals surface area contributed by atoms with Crippen LogP contribution in [0.2, 0.25) is 0 Å². The second-order valence-corrected chi connectivity index (χ2v) is 7.03. The van der Waals surface area contributed by atoms with Crippen LogP contribution in [0.1, 0.15) is 52.4 Å². The molecule has 3 heteroatoms. The van der Waals surface area contributed by atoms with Crippen LogP contribution in [0.15, 0.2) is 0 Å². The number of rotatable bonds is 1. The molecule has 0 aromatic rings. The lowest BCUT2D eigenvalue weighted by atomic mass is 10.1. The van der Waals surface area contributed by atoms with Crippen molar-refractivity contribution >= 4 is 0 Å². The quantitative estimate of drug-likeness (QED) is 0.688. The second kappa shape index (κ2) is 2.73. The van der Waals surface area contributed by atoms with Crippen molar-refractivity contribution in [3.63, 3.8) is 0 Å². The highest BCUT2D eigenvalue weighted by atomic mass is 15.7. The van der Waals surface area contributed by atoms with Gasteiger partial charge in [0.25, 0.3) is 0 Å². The molecule has 4 fully saturated rings. The number of hydrogen-bond donors (Lipinski definition) is 0. The standard InChI is InChI=1S/C14H25N3/c1-11(2)17-13(7-8-13)15(3)12(5-6-12)16(4)14(17)9-10-14/h11H,5-10H2,1-4H3. The minimum atomic E-state index is 0.424. The van der Waals surface area contributed by atoms with Gasteiger partial charge in [-0.05, 0) is 66.5 Å². The zero-order chi connectivity index (χ0) is 12.1. The van der Waals surface area contributed by atoms with E-state index in [1.54, 1.807) is 0 Å². The molecule has 3 aliphatic carbocycles. The van der Waals surface area contributed by atoms with Gasteiger partial charge in [0.05, 0.1) is 17.0 Å². The van der Waals surface area contributed by atoms with Gasteiger partial charge in [-0.2, -0.15) is 0 Å². The summed E-state index contributed by atoms with van der Waals surface area (Å²) >= 11 is 0. The predicted molar refractivity (Wildman–Crippen MR) is 68.4 cm³/mol. The van der Waals surface area contributed by atoms with Crippen molar-refractivity contribution < 1.29 is 0 Å². The summed E-state index contributed by atoms with van der Waals surface area (Å²) in [6, 6.07) is 0.668. The SMILES string of the molecule is CC(C)N1C2(CC2)N(C)C2(CC2)N(C)C12CC2. The van der Waals surface area contributed by atoms with Crippen LogP contribution in [0.4, 0.5) is 0 Å². The molecule has 4 rings (SSSR count). The molecule has 17 heavy (non-hydrogen) atoms. The Labute approximate surface area is 105 Å². The van der Waals surface area contributed by atoms with E-state index in [1.807, 2.05) is 0 Å². The molecule has 3 spiro atoms. The van der Waals surface area contributed by atoms with E-state index in [0.717, 1.165) is 0 Å². The molecule has 0 aromatic carbocycles. The van der Waals surface area contributed by atoms with Crippen LogP contribution in [-0.2, 0) is 0 Å². The molecule has 0 radical (unpaired) electrons. The minimum Gasteiger partial charge on any atom is -0.270 e. The van der Waals surface area contributed by atoms with E-state index in [4.69, 9.17) is 0 Å². The fourth-order valence-corrected chi connectivity index (χ4v) is 4.83. The molecule has 4 aliphatic rings. The zero-order valence-corrected chi connectivity index (χ0v) is 11.7. The lowest BCUT2D eigenvalue weighted by Crippen LogP contribution is -2.74. The molecule has 0 aromatic heterocycles. The Morgan fingerprint density at radius 1 is 0.706 bits per heavy atom. The van der Waals surface area contributed by atoms with Crippen LogP contribution in [0.5, 0.6) is 0 Å². The van der Waals surface area contributed by atoms with E-state index in [-0.39, 0.29) is 0 Å². The van der Waals surface area contributed by atoms with Crippen LogP contribution in [-0.4, -0.2) is 51.8 Å². The summed E-state index contributed by atoms with van der Waals surface area (Å²) in [5, 5.41) is 0. The smallest absolute Gasteiger partial charge is 0.0769 e. The van der Waals surface area contributed by atoms with Gasteiger partial charge >= 0.3 is 0 Å². The average molecular weight is 235 g/mol. The lowest BCUT2D eigenvalue weighted by molar-refractivity contribution is -0.206. The number of hydrogen-bond acceptors (Lipinski definition) is 3. The first kappa shape index (κ1) is 10.8. The van der Waals surface area contributed by atoms with Crippen molar-refractivity contribution in [1.82, 2.24) is 14.7 Å². The number of nitrogens with zero attached hydrogens (tertiary/aromatic N) is 3. The van der Waals surface area contributed by atoms with Gasteiger partial charge in [-0.15, -0.1) is 0 Å². The van der Waals surface area contributed by atoms with Gasteiger partial charge in [0.15, 0.2) is 0 Å². The van der Waals surface area contributed by atoms with E-state index in [2.05, 4.69) is 42.6 Å². The summed E-state index contributed by atoms with van der Waals surface area (Å²) in [4.78, 5) is 8.30. The Morgan fingerprint density at radius 2 is 1.06 bits per heavy atom. The fourth-order valence-electron chi connectivity index (χ4n) is 4.83. The van der Waals surface area contributed by atoms with Crippen LogP contribution in [0, 0.1) is 0 Å². The predicted octanol–water partition coefficient (Wildman–Crippen LogP) is 2.04. The molecule has 0 N–H and O–H groups in total. The van der Waals surface area contributed by atoms with Crippen LogP contribution < -0.4 is 0 Å².